The molecule has 2 atom stereocenters. The molecule has 57 heavy (non-hydrogen) atoms. The van der Waals surface area contributed by atoms with Crippen molar-refractivity contribution < 1.29 is 29.6 Å². The Labute approximate surface area is 336 Å². The number of phenolic OH excluding ortho intramolecular Hbond substituents is 1. The summed E-state index contributed by atoms with van der Waals surface area (Å²) in [6, 6.07) is 15.5. The number of aromatic amines is 1. The van der Waals surface area contributed by atoms with E-state index in [1.165, 1.54) is 51.5 Å². The van der Waals surface area contributed by atoms with Crippen LogP contribution in [-0.2, 0) is 45.8 Å². The van der Waals surface area contributed by atoms with Crippen molar-refractivity contribution in [3.05, 3.63) is 108 Å². The molecule has 0 unspecified atom stereocenters. The summed E-state index contributed by atoms with van der Waals surface area (Å²) in [7, 11) is 0. The number of aliphatic hydroxyl groups excluding tert-OH is 1. The highest BCUT2D eigenvalue weighted by Crippen LogP contribution is 2.41. The minimum absolute atomic E-state index is 0.0322. The zero-order valence-corrected chi connectivity index (χ0v) is 33.1. The largest absolute Gasteiger partial charge is 0.506 e. The number of carbonyl (C=O) groups is 1. The Hall–Kier alpha value is -4.48. The van der Waals surface area contributed by atoms with Crippen molar-refractivity contribution in [1.29, 1.82) is 0 Å². The number of aryl methyl sites for hydroxylation is 2. The summed E-state index contributed by atoms with van der Waals surface area (Å²) in [5.74, 6) is -0.679. The smallest absolute Gasteiger partial charge is 0.349 e. The van der Waals surface area contributed by atoms with Gasteiger partial charge in [0.1, 0.15) is 17.4 Å². The Morgan fingerprint density at radius 3 is 2.60 bits per heavy atom. The Kier molecular flexibility index (Phi) is 10.5. The standard InChI is InChI=1S/C42H46N6O7S2/c49-33-11-9-29(30-10-12-37(51)44-38(30)33)34(50)24-43-23-26-21-32-39(31-6-1-5-28(26)31)48(46-45-32)16-4-15-47-17-13-41(14-18-47)22-27(25-54-41)55-40(52)42(53,35-7-2-19-56-35)36-8-3-20-57-36/h2-3,7-12,19-21,27,34,43,49-50,53H,1,4-6,13-18,22-25H2,(H,44,51)/t27-,34+/m1/s1. The van der Waals surface area contributed by atoms with E-state index in [2.05, 4.69) is 36.3 Å². The normalized spacial score (nSPS) is 18.8. The van der Waals surface area contributed by atoms with Crippen molar-refractivity contribution in [2.75, 3.05) is 32.8 Å². The third kappa shape index (κ3) is 7.30. The lowest BCUT2D eigenvalue weighted by Gasteiger charge is -2.38. The average Bonchev–Trinajstić information content (AvgIpc) is 4.07. The summed E-state index contributed by atoms with van der Waals surface area (Å²) in [6.07, 6.45) is 5.11. The number of H-pyrrole nitrogens is 1. The van der Waals surface area contributed by atoms with Crippen LogP contribution in [0.4, 0.5) is 0 Å². The van der Waals surface area contributed by atoms with E-state index in [0.717, 1.165) is 75.7 Å². The van der Waals surface area contributed by atoms with Crippen LogP contribution >= 0.6 is 22.7 Å². The van der Waals surface area contributed by atoms with Crippen LogP contribution in [0.15, 0.2) is 70.2 Å². The van der Waals surface area contributed by atoms with Gasteiger partial charge in [0.2, 0.25) is 11.2 Å². The number of aliphatic hydroxyl groups is 2. The number of piperidine rings is 1. The topological polar surface area (TPSA) is 175 Å². The molecule has 6 aromatic rings. The van der Waals surface area contributed by atoms with Gasteiger partial charge in [-0.3, -0.25) is 4.79 Å². The van der Waals surface area contributed by atoms with Gasteiger partial charge in [0.15, 0.2) is 0 Å². The second-order valence-corrected chi connectivity index (χ2v) is 17.4. The van der Waals surface area contributed by atoms with E-state index in [9.17, 15) is 24.9 Å². The molecule has 0 saturated carbocycles. The van der Waals surface area contributed by atoms with Crippen molar-refractivity contribution in [3.63, 3.8) is 0 Å². The molecule has 15 heteroatoms. The number of likely N-dealkylation sites (tertiary alicyclic amines) is 1. The molecule has 5 N–H and O–H groups in total. The van der Waals surface area contributed by atoms with Gasteiger partial charge in [-0.2, -0.15) is 0 Å². The monoisotopic (exact) mass is 810 g/mol. The van der Waals surface area contributed by atoms with Gasteiger partial charge in [0, 0.05) is 50.6 Å². The molecule has 4 aromatic heterocycles. The van der Waals surface area contributed by atoms with Gasteiger partial charge in [-0.25, -0.2) is 9.48 Å². The van der Waals surface area contributed by atoms with E-state index in [4.69, 9.17) is 9.47 Å². The molecule has 1 spiro atoms. The Morgan fingerprint density at radius 2 is 1.84 bits per heavy atom. The molecule has 6 heterocycles. The highest BCUT2D eigenvalue weighted by molar-refractivity contribution is 7.12. The third-order valence-electron chi connectivity index (χ3n) is 12.0. The summed E-state index contributed by atoms with van der Waals surface area (Å²) in [5.41, 5.74) is 4.34. The summed E-state index contributed by atoms with van der Waals surface area (Å²) in [6.45, 7) is 4.71. The molecule has 9 rings (SSSR count). The summed E-state index contributed by atoms with van der Waals surface area (Å²) in [4.78, 5) is 31.6. The molecule has 2 fully saturated rings. The van der Waals surface area contributed by atoms with Gasteiger partial charge in [0.25, 0.3) is 0 Å². The maximum atomic E-state index is 13.5. The lowest BCUT2D eigenvalue weighted by Crippen LogP contribution is -2.45. The van der Waals surface area contributed by atoms with E-state index >= 15 is 0 Å². The first-order chi connectivity index (χ1) is 27.7. The number of fused-ring (bicyclic) bond motifs is 4. The van der Waals surface area contributed by atoms with Crippen molar-refractivity contribution >= 4 is 50.6 Å². The fourth-order valence-corrected chi connectivity index (χ4v) is 10.8. The summed E-state index contributed by atoms with van der Waals surface area (Å²) in [5, 5.41) is 49.9. The zero-order valence-electron chi connectivity index (χ0n) is 31.5. The minimum atomic E-state index is -1.82. The van der Waals surface area contributed by atoms with Crippen LogP contribution < -0.4 is 10.9 Å². The van der Waals surface area contributed by atoms with E-state index < -0.39 is 23.8 Å². The third-order valence-corrected chi connectivity index (χ3v) is 14.0. The van der Waals surface area contributed by atoms with Crippen molar-refractivity contribution in [2.24, 2.45) is 0 Å². The van der Waals surface area contributed by atoms with E-state index in [1.807, 2.05) is 22.9 Å². The van der Waals surface area contributed by atoms with Crippen molar-refractivity contribution in [1.82, 2.24) is 30.2 Å². The maximum Gasteiger partial charge on any atom is 0.349 e. The van der Waals surface area contributed by atoms with E-state index in [-0.39, 0.29) is 16.9 Å². The average molecular weight is 811 g/mol. The first-order valence-electron chi connectivity index (χ1n) is 19.7. The molecule has 2 saturated heterocycles. The number of thiophene rings is 2. The lowest BCUT2D eigenvalue weighted by molar-refractivity contribution is -0.167. The predicted molar refractivity (Wildman–Crippen MR) is 218 cm³/mol. The number of esters is 1. The summed E-state index contributed by atoms with van der Waals surface area (Å²) < 4.78 is 14.4. The number of carbonyl (C=O) groups excluding carboxylic acids is 1. The number of phenols is 1. The molecule has 0 bridgehead atoms. The van der Waals surface area contributed by atoms with Crippen molar-refractivity contribution in [3.8, 4) is 5.75 Å². The molecular weight excluding hydrogens is 765 g/mol. The number of hydrogen-bond donors (Lipinski definition) is 5. The number of aromatic hydroxyl groups is 1. The number of rotatable bonds is 13. The first-order valence-corrected chi connectivity index (χ1v) is 21.4. The Bertz CT molecular complexity index is 2400. The Balaban J connectivity index is 0.774. The second-order valence-electron chi connectivity index (χ2n) is 15.5. The van der Waals surface area contributed by atoms with Crippen LogP contribution in [0.25, 0.3) is 21.9 Å². The molecule has 0 radical (unpaired) electrons. The van der Waals surface area contributed by atoms with Crippen LogP contribution in [0.1, 0.15) is 70.2 Å². The number of nitrogens with zero attached hydrogens (tertiary/aromatic N) is 4. The first kappa shape index (κ1) is 38.1. The number of pyridine rings is 1. The number of nitrogens with one attached hydrogen (secondary N) is 2. The summed E-state index contributed by atoms with van der Waals surface area (Å²) >= 11 is 2.68. The van der Waals surface area contributed by atoms with E-state index in [0.29, 0.717) is 52.3 Å². The molecule has 298 valence electrons. The molecular formula is C42H46N6O7S2. The Morgan fingerprint density at radius 1 is 1.07 bits per heavy atom. The molecule has 0 amide bonds. The van der Waals surface area contributed by atoms with E-state index in [1.54, 1.807) is 24.3 Å². The molecule has 2 aromatic carbocycles. The number of ether oxygens (including phenoxy) is 2. The zero-order chi connectivity index (χ0) is 39.1. The van der Waals surface area contributed by atoms with Crippen LogP contribution in [-0.4, -0.2) is 90.7 Å². The van der Waals surface area contributed by atoms with Gasteiger partial charge < -0.3 is 40.0 Å². The quantitative estimate of drug-likeness (QED) is 0.100. The van der Waals surface area contributed by atoms with Crippen LogP contribution in [0.3, 0.4) is 0 Å². The molecule has 1 aliphatic carbocycles. The predicted octanol–water partition coefficient (Wildman–Crippen LogP) is 4.91. The van der Waals surface area contributed by atoms with Gasteiger partial charge in [0.05, 0.1) is 39.1 Å². The molecule has 13 nitrogen and oxygen atoms in total. The highest BCUT2D eigenvalue weighted by Gasteiger charge is 2.48. The molecule has 3 aliphatic rings. The fourth-order valence-electron chi connectivity index (χ4n) is 9.05. The number of aromatic nitrogens is 4. The van der Waals surface area contributed by atoms with Crippen LogP contribution in [0.2, 0.25) is 0 Å². The fraction of sp³-hybridized carbons (Fsp3) is 0.429. The van der Waals surface area contributed by atoms with Gasteiger partial charge in [-0.1, -0.05) is 23.4 Å². The molecule has 2 aliphatic heterocycles. The van der Waals surface area contributed by atoms with Gasteiger partial charge in [-0.05, 0) is 108 Å². The van der Waals surface area contributed by atoms with Crippen LogP contribution in [0.5, 0.6) is 5.75 Å². The minimum Gasteiger partial charge on any atom is -0.506 e. The highest BCUT2D eigenvalue weighted by atomic mass is 32.1. The number of hydrogen-bond acceptors (Lipinski definition) is 13. The van der Waals surface area contributed by atoms with Crippen LogP contribution in [0, 0.1) is 0 Å². The van der Waals surface area contributed by atoms with Gasteiger partial charge in [-0.15, -0.1) is 27.8 Å². The van der Waals surface area contributed by atoms with Gasteiger partial charge >= 0.3 is 5.97 Å². The number of benzene rings is 2. The second kappa shape index (κ2) is 15.7. The van der Waals surface area contributed by atoms with Crippen molar-refractivity contribution in [2.45, 2.75) is 81.4 Å². The lowest BCUT2D eigenvalue weighted by atomic mass is 9.88. The maximum absolute atomic E-state index is 13.5. The SMILES string of the molecule is O=C(O[C@H]1COC2(CCN(CCCn3nnc4cc(CNC[C@H](O)c5ccc(O)c6[nH]c(=O)ccc56)c5c(c43)CCC5)CC2)C1)C(O)(c1cccs1)c1cccs1.